The van der Waals surface area contributed by atoms with Crippen LogP contribution in [0, 0.1) is 11.6 Å². The number of primary amides is 1. The summed E-state index contributed by atoms with van der Waals surface area (Å²) in [5.41, 5.74) is 5.57. The maximum Gasteiger partial charge on any atom is 0.288 e. The van der Waals surface area contributed by atoms with Crippen LogP contribution >= 0.6 is 0 Å². The SMILES string of the molecule is NC(=O)c1nc2n(n1)C(c1cc(F)cc(F)c1)CCN2. The van der Waals surface area contributed by atoms with Crippen molar-refractivity contribution in [1.82, 2.24) is 14.8 Å². The van der Waals surface area contributed by atoms with Crippen LogP contribution in [0.3, 0.4) is 0 Å². The Hall–Kier alpha value is -2.51. The normalized spacial score (nSPS) is 17.4. The molecule has 2 heterocycles. The molecule has 0 aliphatic carbocycles. The first-order chi connectivity index (χ1) is 9.54. The van der Waals surface area contributed by atoms with Gasteiger partial charge in [0.05, 0.1) is 6.04 Å². The van der Waals surface area contributed by atoms with E-state index >= 15 is 0 Å². The topological polar surface area (TPSA) is 85.8 Å². The minimum atomic E-state index is -0.752. The lowest BCUT2D eigenvalue weighted by atomic mass is 10.0. The summed E-state index contributed by atoms with van der Waals surface area (Å²) in [6.07, 6.45) is 0.567. The van der Waals surface area contributed by atoms with E-state index in [4.69, 9.17) is 5.73 Å². The van der Waals surface area contributed by atoms with Gasteiger partial charge in [-0.15, -0.1) is 5.10 Å². The Morgan fingerprint density at radius 2 is 2.05 bits per heavy atom. The molecule has 0 saturated heterocycles. The molecular formula is C12H11F2N5O. The summed E-state index contributed by atoms with van der Waals surface area (Å²) in [5.74, 6) is -1.83. The number of nitrogens with two attached hydrogens (primary N) is 1. The Morgan fingerprint density at radius 1 is 1.35 bits per heavy atom. The number of nitrogens with zero attached hydrogens (tertiary/aromatic N) is 3. The fourth-order valence-electron chi connectivity index (χ4n) is 2.28. The Kier molecular flexibility index (Phi) is 2.85. The van der Waals surface area contributed by atoms with Gasteiger partial charge in [0.25, 0.3) is 5.91 Å². The molecule has 1 unspecified atom stereocenters. The zero-order valence-corrected chi connectivity index (χ0v) is 10.3. The summed E-state index contributed by atoms with van der Waals surface area (Å²) in [4.78, 5) is 15.1. The minimum Gasteiger partial charge on any atom is -0.363 e. The number of hydrogen-bond acceptors (Lipinski definition) is 4. The smallest absolute Gasteiger partial charge is 0.288 e. The highest BCUT2D eigenvalue weighted by atomic mass is 19.1. The van der Waals surface area contributed by atoms with Gasteiger partial charge in [0, 0.05) is 12.6 Å². The molecule has 0 saturated carbocycles. The number of aromatic nitrogens is 3. The Balaban J connectivity index is 2.06. The molecule has 1 amide bonds. The molecule has 1 atom stereocenters. The van der Waals surface area contributed by atoms with E-state index in [1.54, 1.807) is 0 Å². The number of benzene rings is 1. The standard InChI is InChI=1S/C12H11F2N5O/c13-7-3-6(4-8(14)5-7)9-1-2-16-12-17-11(10(15)20)18-19(9)12/h3-5,9H,1-2H2,(H2,15,20)(H,16,17,18). The molecule has 6 nitrogen and oxygen atoms in total. The Morgan fingerprint density at radius 3 is 2.70 bits per heavy atom. The van der Waals surface area contributed by atoms with Crippen molar-refractivity contribution in [2.45, 2.75) is 12.5 Å². The Labute approximate surface area is 112 Å². The van der Waals surface area contributed by atoms with Gasteiger partial charge in [0.2, 0.25) is 11.8 Å². The number of carbonyl (C=O) groups excluding carboxylic acids is 1. The molecule has 0 spiro atoms. The van der Waals surface area contributed by atoms with Crippen LogP contribution in [0.4, 0.5) is 14.7 Å². The van der Waals surface area contributed by atoms with E-state index in [2.05, 4.69) is 15.4 Å². The van der Waals surface area contributed by atoms with Crippen molar-refractivity contribution in [3.05, 3.63) is 41.2 Å². The summed E-state index contributed by atoms with van der Waals surface area (Å²) in [5, 5.41) is 6.95. The van der Waals surface area contributed by atoms with Crippen LogP contribution in [0.15, 0.2) is 18.2 Å². The predicted octanol–water partition coefficient (Wildman–Crippen LogP) is 1.06. The molecule has 0 bridgehead atoms. The number of anilines is 1. The van der Waals surface area contributed by atoms with Crippen molar-refractivity contribution < 1.29 is 13.6 Å². The van der Waals surface area contributed by atoms with Gasteiger partial charge in [0.1, 0.15) is 11.6 Å². The van der Waals surface area contributed by atoms with Crippen LogP contribution < -0.4 is 11.1 Å². The van der Waals surface area contributed by atoms with Crippen molar-refractivity contribution in [2.75, 3.05) is 11.9 Å². The third-order valence-corrected chi connectivity index (χ3v) is 3.12. The van der Waals surface area contributed by atoms with Crippen LogP contribution in [-0.4, -0.2) is 27.2 Å². The van der Waals surface area contributed by atoms with Gasteiger partial charge in [-0.1, -0.05) is 0 Å². The van der Waals surface area contributed by atoms with Crippen LogP contribution in [0.5, 0.6) is 0 Å². The first-order valence-corrected chi connectivity index (χ1v) is 6.01. The number of fused-ring (bicyclic) bond motifs is 1. The first kappa shape index (κ1) is 12.5. The van der Waals surface area contributed by atoms with E-state index in [1.807, 2.05) is 0 Å². The minimum absolute atomic E-state index is 0.128. The number of amides is 1. The molecule has 0 radical (unpaired) electrons. The lowest BCUT2D eigenvalue weighted by Gasteiger charge is -2.24. The molecule has 1 aromatic carbocycles. The van der Waals surface area contributed by atoms with Crippen LogP contribution in [0.2, 0.25) is 0 Å². The number of rotatable bonds is 2. The molecule has 104 valence electrons. The van der Waals surface area contributed by atoms with E-state index in [1.165, 1.54) is 16.8 Å². The number of halogens is 2. The van der Waals surface area contributed by atoms with Gasteiger partial charge < -0.3 is 11.1 Å². The summed E-state index contributed by atoms with van der Waals surface area (Å²) >= 11 is 0. The van der Waals surface area contributed by atoms with Gasteiger partial charge >= 0.3 is 0 Å². The van der Waals surface area contributed by atoms with Crippen LogP contribution in [0.25, 0.3) is 0 Å². The van der Waals surface area contributed by atoms with Gasteiger partial charge in [-0.3, -0.25) is 4.79 Å². The van der Waals surface area contributed by atoms with Crippen molar-refractivity contribution in [1.29, 1.82) is 0 Å². The number of nitrogens with one attached hydrogen (secondary N) is 1. The lowest BCUT2D eigenvalue weighted by molar-refractivity contribution is 0.0990. The average molecular weight is 279 g/mol. The molecule has 1 aliphatic heterocycles. The summed E-state index contributed by atoms with van der Waals surface area (Å²) in [6, 6.07) is 2.90. The molecule has 2 aromatic rings. The molecule has 3 rings (SSSR count). The van der Waals surface area contributed by atoms with E-state index in [0.29, 0.717) is 24.5 Å². The monoisotopic (exact) mass is 279 g/mol. The average Bonchev–Trinajstić information content (AvgIpc) is 2.81. The number of carbonyl (C=O) groups is 1. The zero-order valence-electron chi connectivity index (χ0n) is 10.3. The maximum atomic E-state index is 13.3. The second kappa shape index (κ2) is 4.55. The first-order valence-electron chi connectivity index (χ1n) is 6.01. The molecular weight excluding hydrogens is 268 g/mol. The Bertz CT molecular complexity index is 664. The van der Waals surface area contributed by atoms with Gasteiger partial charge in [-0.2, -0.15) is 4.98 Å². The third kappa shape index (κ3) is 2.09. The van der Waals surface area contributed by atoms with Crippen LogP contribution in [-0.2, 0) is 0 Å². The molecule has 1 aliphatic rings. The highest BCUT2D eigenvalue weighted by molar-refractivity contribution is 5.89. The van der Waals surface area contributed by atoms with Crippen molar-refractivity contribution in [3.63, 3.8) is 0 Å². The van der Waals surface area contributed by atoms with Gasteiger partial charge in [-0.25, -0.2) is 13.5 Å². The fraction of sp³-hybridized carbons (Fsp3) is 0.250. The van der Waals surface area contributed by atoms with Crippen LogP contribution in [0.1, 0.15) is 28.6 Å². The largest absolute Gasteiger partial charge is 0.363 e. The highest BCUT2D eigenvalue weighted by Crippen LogP contribution is 2.29. The molecule has 3 N–H and O–H groups in total. The van der Waals surface area contributed by atoms with Crippen molar-refractivity contribution in [3.8, 4) is 0 Å². The molecule has 1 aromatic heterocycles. The maximum absolute atomic E-state index is 13.3. The van der Waals surface area contributed by atoms with E-state index in [0.717, 1.165) is 6.07 Å². The van der Waals surface area contributed by atoms with Crippen molar-refractivity contribution in [2.24, 2.45) is 5.73 Å². The molecule has 8 heteroatoms. The van der Waals surface area contributed by atoms with Gasteiger partial charge in [-0.05, 0) is 24.1 Å². The van der Waals surface area contributed by atoms with Gasteiger partial charge in [0.15, 0.2) is 0 Å². The third-order valence-electron chi connectivity index (χ3n) is 3.12. The molecule has 0 fully saturated rings. The van der Waals surface area contributed by atoms with E-state index in [9.17, 15) is 13.6 Å². The second-order valence-electron chi connectivity index (χ2n) is 4.50. The lowest BCUT2D eigenvalue weighted by Crippen LogP contribution is -2.25. The highest BCUT2D eigenvalue weighted by Gasteiger charge is 2.26. The van der Waals surface area contributed by atoms with E-state index < -0.39 is 23.6 Å². The second-order valence-corrected chi connectivity index (χ2v) is 4.50. The molecule has 20 heavy (non-hydrogen) atoms. The quantitative estimate of drug-likeness (QED) is 0.860. The zero-order chi connectivity index (χ0) is 14.3. The van der Waals surface area contributed by atoms with E-state index in [-0.39, 0.29) is 5.82 Å². The summed E-state index contributed by atoms with van der Waals surface area (Å²) in [6.45, 7) is 0.555. The van der Waals surface area contributed by atoms with Crippen molar-refractivity contribution >= 4 is 11.9 Å². The number of hydrogen-bond donors (Lipinski definition) is 2. The summed E-state index contributed by atoms with van der Waals surface area (Å²) in [7, 11) is 0. The predicted molar refractivity (Wildman–Crippen MR) is 66.1 cm³/mol. The fourth-order valence-corrected chi connectivity index (χ4v) is 2.28. The summed E-state index contributed by atoms with van der Waals surface area (Å²) < 4.78 is 28.1.